The summed E-state index contributed by atoms with van der Waals surface area (Å²) in [5.41, 5.74) is -0.716. The molecule has 7 heteroatoms. The maximum absolute atomic E-state index is 12.2. The lowest BCUT2D eigenvalue weighted by Crippen LogP contribution is -2.24. The second-order valence-corrected chi connectivity index (χ2v) is 3.44. The van der Waals surface area contributed by atoms with Crippen LogP contribution in [-0.2, 0) is 17.5 Å². The van der Waals surface area contributed by atoms with Crippen LogP contribution in [0.15, 0.2) is 12.4 Å². The summed E-state index contributed by atoms with van der Waals surface area (Å²) in [6.45, 7) is 4.82. The molecule has 1 heterocycles. The third-order valence-electron chi connectivity index (χ3n) is 2.11. The Morgan fingerprint density at radius 1 is 1.41 bits per heavy atom. The molecular weight excluding hydrogens is 235 g/mol. The van der Waals surface area contributed by atoms with Crippen LogP contribution in [0.25, 0.3) is 0 Å². The molecule has 0 amide bonds. The summed E-state index contributed by atoms with van der Waals surface area (Å²) < 4.78 is 43.1. The number of halogens is 3. The number of hydrogen-bond acceptors (Lipinski definition) is 3. The summed E-state index contributed by atoms with van der Waals surface area (Å²) in [5, 5.41) is 6.69. The molecular formula is C10H16F3N3O. The van der Waals surface area contributed by atoms with Crippen LogP contribution in [0.4, 0.5) is 13.2 Å². The number of nitrogens with zero attached hydrogens (tertiary/aromatic N) is 2. The molecule has 0 fully saturated rings. The van der Waals surface area contributed by atoms with E-state index in [4.69, 9.17) is 4.74 Å². The Bertz CT molecular complexity index is 325. The van der Waals surface area contributed by atoms with Crippen molar-refractivity contribution in [3.8, 4) is 0 Å². The van der Waals surface area contributed by atoms with Crippen molar-refractivity contribution in [2.24, 2.45) is 0 Å². The predicted octanol–water partition coefficient (Wildman–Crippen LogP) is 1.53. The van der Waals surface area contributed by atoms with Crippen LogP contribution in [0.5, 0.6) is 0 Å². The average Bonchev–Trinajstić information content (AvgIpc) is 2.71. The first kappa shape index (κ1) is 14.0. The number of hydrogen-bond donors (Lipinski definition) is 1. The molecule has 0 bridgehead atoms. The van der Waals surface area contributed by atoms with Gasteiger partial charge in [-0.3, -0.25) is 4.68 Å². The van der Waals surface area contributed by atoms with Crippen LogP contribution in [0, 0.1) is 0 Å². The van der Waals surface area contributed by atoms with Crippen molar-refractivity contribution >= 4 is 0 Å². The van der Waals surface area contributed by atoms with Gasteiger partial charge in [-0.15, -0.1) is 0 Å². The normalized spacial score (nSPS) is 12.0. The molecule has 0 aromatic carbocycles. The minimum atomic E-state index is -4.32. The van der Waals surface area contributed by atoms with Gasteiger partial charge in [-0.25, -0.2) is 0 Å². The van der Waals surface area contributed by atoms with Crippen molar-refractivity contribution in [3.63, 3.8) is 0 Å². The lowest BCUT2D eigenvalue weighted by atomic mass is 10.4. The largest absolute Gasteiger partial charge is 0.419 e. The van der Waals surface area contributed by atoms with Gasteiger partial charge in [-0.05, 0) is 6.92 Å². The van der Waals surface area contributed by atoms with Gasteiger partial charge in [-0.2, -0.15) is 18.3 Å². The molecule has 98 valence electrons. The summed E-state index contributed by atoms with van der Waals surface area (Å²) in [6.07, 6.45) is -2.48. The van der Waals surface area contributed by atoms with Gasteiger partial charge >= 0.3 is 6.18 Å². The molecule has 1 rings (SSSR count). The number of ether oxygens (including phenoxy) is 1. The predicted molar refractivity (Wildman–Crippen MR) is 56.6 cm³/mol. The zero-order chi connectivity index (χ0) is 12.7. The van der Waals surface area contributed by atoms with Crippen molar-refractivity contribution in [1.29, 1.82) is 0 Å². The second-order valence-electron chi connectivity index (χ2n) is 3.44. The van der Waals surface area contributed by atoms with E-state index < -0.39 is 11.7 Å². The highest BCUT2D eigenvalue weighted by Gasteiger charge is 2.31. The van der Waals surface area contributed by atoms with Crippen LogP contribution < -0.4 is 5.32 Å². The Kier molecular flexibility index (Phi) is 5.43. The molecule has 0 atom stereocenters. The van der Waals surface area contributed by atoms with E-state index in [9.17, 15) is 13.2 Å². The molecule has 0 aliphatic carbocycles. The SMILES string of the molecule is CCOCCNCCn1cc(C(F)(F)F)cn1. The summed E-state index contributed by atoms with van der Waals surface area (Å²) >= 11 is 0. The summed E-state index contributed by atoms with van der Waals surface area (Å²) in [4.78, 5) is 0. The van der Waals surface area contributed by atoms with Crippen LogP contribution in [0.1, 0.15) is 12.5 Å². The molecule has 0 radical (unpaired) electrons. The van der Waals surface area contributed by atoms with Gasteiger partial charge in [0, 0.05) is 25.9 Å². The van der Waals surface area contributed by atoms with Crippen molar-refractivity contribution < 1.29 is 17.9 Å². The summed E-state index contributed by atoms with van der Waals surface area (Å²) in [5.74, 6) is 0. The molecule has 4 nitrogen and oxygen atoms in total. The molecule has 0 aliphatic rings. The van der Waals surface area contributed by atoms with Gasteiger partial charge in [0.1, 0.15) is 0 Å². The summed E-state index contributed by atoms with van der Waals surface area (Å²) in [7, 11) is 0. The Morgan fingerprint density at radius 2 is 2.18 bits per heavy atom. The third-order valence-corrected chi connectivity index (χ3v) is 2.11. The zero-order valence-corrected chi connectivity index (χ0v) is 9.63. The lowest BCUT2D eigenvalue weighted by molar-refractivity contribution is -0.137. The van der Waals surface area contributed by atoms with E-state index in [0.29, 0.717) is 32.8 Å². The van der Waals surface area contributed by atoms with Crippen molar-refractivity contribution in [2.45, 2.75) is 19.6 Å². The third kappa shape index (κ3) is 5.18. The summed E-state index contributed by atoms with van der Waals surface area (Å²) in [6, 6.07) is 0. The second kappa shape index (κ2) is 6.61. The Hall–Kier alpha value is -1.08. The Balaban J connectivity index is 2.21. The van der Waals surface area contributed by atoms with E-state index in [1.54, 1.807) is 0 Å². The maximum atomic E-state index is 12.2. The fraction of sp³-hybridized carbons (Fsp3) is 0.700. The average molecular weight is 251 g/mol. The Morgan fingerprint density at radius 3 is 2.76 bits per heavy atom. The van der Waals surface area contributed by atoms with Gasteiger partial charge in [0.25, 0.3) is 0 Å². The molecule has 17 heavy (non-hydrogen) atoms. The molecule has 1 N–H and O–H groups in total. The molecule has 0 aliphatic heterocycles. The van der Waals surface area contributed by atoms with Crippen LogP contribution in [-0.4, -0.2) is 36.1 Å². The van der Waals surface area contributed by atoms with E-state index in [2.05, 4.69) is 10.4 Å². The van der Waals surface area contributed by atoms with E-state index >= 15 is 0 Å². The maximum Gasteiger partial charge on any atom is 0.419 e. The van der Waals surface area contributed by atoms with Crippen molar-refractivity contribution in [1.82, 2.24) is 15.1 Å². The first-order valence-electron chi connectivity index (χ1n) is 5.42. The lowest BCUT2D eigenvalue weighted by Gasteiger charge is -2.05. The number of aromatic nitrogens is 2. The van der Waals surface area contributed by atoms with Crippen molar-refractivity contribution in [2.75, 3.05) is 26.3 Å². The van der Waals surface area contributed by atoms with Gasteiger partial charge in [0.2, 0.25) is 0 Å². The van der Waals surface area contributed by atoms with Crippen LogP contribution in [0.2, 0.25) is 0 Å². The van der Waals surface area contributed by atoms with Crippen LogP contribution in [0.3, 0.4) is 0 Å². The minimum Gasteiger partial charge on any atom is -0.380 e. The molecule has 1 aromatic heterocycles. The molecule has 1 aromatic rings. The van der Waals surface area contributed by atoms with E-state index in [1.165, 1.54) is 4.68 Å². The first-order chi connectivity index (χ1) is 8.04. The molecule has 0 spiro atoms. The van der Waals surface area contributed by atoms with E-state index in [-0.39, 0.29) is 0 Å². The number of alkyl halides is 3. The highest BCUT2D eigenvalue weighted by atomic mass is 19.4. The minimum absolute atomic E-state index is 0.405. The van der Waals surface area contributed by atoms with Gasteiger partial charge in [-0.1, -0.05) is 0 Å². The fourth-order valence-corrected chi connectivity index (χ4v) is 1.24. The fourth-order valence-electron chi connectivity index (χ4n) is 1.24. The van der Waals surface area contributed by atoms with E-state index in [0.717, 1.165) is 12.4 Å². The molecule has 0 saturated heterocycles. The highest BCUT2D eigenvalue weighted by Crippen LogP contribution is 2.28. The number of nitrogens with one attached hydrogen (secondary N) is 1. The molecule has 0 unspecified atom stereocenters. The smallest absolute Gasteiger partial charge is 0.380 e. The van der Waals surface area contributed by atoms with Gasteiger partial charge in [0.05, 0.1) is 24.9 Å². The monoisotopic (exact) mass is 251 g/mol. The quantitative estimate of drug-likeness (QED) is 0.747. The van der Waals surface area contributed by atoms with Crippen molar-refractivity contribution in [3.05, 3.63) is 18.0 Å². The van der Waals surface area contributed by atoms with Gasteiger partial charge in [0.15, 0.2) is 0 Å². The van der Waals surface area contributed by atoms with E-state index in [1.807, 2.05) is 6.92 Å². The number of rotatable bonds is 7. The topological polar surface area (TPSA) is 39.1 Å². The van der Waals surface area contributed by atoms with Gasteiger partial charge < -0.3 is 10.1 Å². The zero-order valence-electron chi connectivity index (χ0n) is 9.63. The first-order valence-corrected chi connectivity index (χ1v) is 5.42. The standard InChI is InChI=1S/C10H16F3N3O/c1-2-17-6-4-14-3-5-16-8-9(7-15-16)10(11,12)13/h7-8,14H,2-6H2,1H3. The Labute approximate surface area is 97.8 Å². The highest BCUT2D eigenvalue weighted by molar-refractivity contribution is 5.08. The van der Waals surface area contributed by atoms with Crippen LogP contribution >= 0.6 is 0 Å². The molecule has 0 saturated carbocycles.